The molecule has 4 heteroatoms. The summed E-state index contributed by atoms with van der Waals surface area (Å²) in [6, 6.07) is 7.32. The zero-order valence-corrected chi connectivity index (χ0v) is 12.6. The Bertz CT molecular complexity index is 410. The molecule has 0 radical (unpaired) electrons. The van der Waals surface area contributed by atoms with E-state index in [1.54, 1.807) is 12.1 Å². The zero-order chi connectivity index (χ0) is 14.4. The number of nitrogens with zero attached hydrogens (tertiary/aromatic N) is 2. The lowest BCUT2D eigenvalue weighted by molar-refractivity contribution is 0.190. The van der Waals surface area contributed by atoms with Crippen molar-refractivity contribution in [2.75, 3.05) is 45.1 Å². The van der Waals surface area contributed by atoms with E-state index >= 15 is 0 Å². The van der Waals surface area contributed by atoms with Crippen LogP contribution in [0.1, 0.15) is 19.8 Å². The maximum atomic E-state index is 13.1. The molecule has 0 bridgehead atoms. The first-order valence-corrected chi connectivity index (χ1v) is 7.61. The Labute approximate surface area is 121 Å². The molecule has 2 rings (SSSR count). The van der Waals surface area contributed by atoms with Crippen LogP contribution in [0.15, 0.2) is 24.3 Å². The molecule has 1 aliphatic heterocycles. The van der Waals surface area contributed by atoms with E-state index < -0.39 is 0 Å². The third-order valence-electron chi connectivity index (χ3n) is 4.05. The molecular formula is C16H26FN3. The molecule has 1 fully saturated rings. The number of hydrogen-bond acceptors (Lipinski definition) is 3. The van der Waals surface area contributed by atoms with E-state index in [9.17, 15) is 4.39 Å². The second-order valence-corrected chi connectivity index (χ2v) is 5.65. The second kappa shape index (κ2) is 7.60. The molecule has 0 aliphatic carbocycles. The Kier molecular flexibility index (Phi) is 5.80. The molecule has 0 aromatic heterocycles. The van der Waals surface area contributed by atoms with E-state index in [2.05, 4.69) is 29.1 Å². The van der Waals surface area contributed by atoms with Gasteiger partial charge in [0, 0.05) is 31.4 Å². The van der Waals surface area contributed by atoms with Crippen molar-refractivity contribution in [2.24, 2.45) is 0 Å². The second-order valence-electron chi connectivity index (χ2n) is 5.65. The number of hydrogen-bond donors (Lipinski definition) is 1. The number of halogens is 1. The number of nitrogens with one attached hydrogen (secondary N) is 1. The van der Waals surface area contributed by atoms with E-state index in [0.717, 1.165) is 31.9 Å². The summed E-state index contributed by atoms with van der Waals surface area (Å²) in [5, 5.41) is 3.31. The minimum atomic E-state index is -0.183. The lowest BCUT2D eigenvalue weighted by Crippen LogP contribution is -2.41. The van der Waals surface area contributed by atoms with Crippen molar-refractivity contribution in [3.05, 3.63) is 30.1 Å². The lowest BCUT2D eigenvalue weighted by Gasteiger charge is -2.30. The summed E-state index contributed by atoms with van der Waals surface area (Å²) in [5.41, 5.74) is 0.866. The molecular weight excluding hydrogens is 253 g/mol. The van der Waals surface area contributed by atoms with Crippen molar-refractivity contribution < 1.29 is 4.39 Å². The molecule has 0 saturated carbocycles. The first-order chi connectivity index (χ1) is 9.69. The van der Waals surface area contributed by atoms with Gasteiger partial charge in [-0.3, -0.25) is 4.90 Å². The molecule has 20 heavy (non-hydrogen) atoms. The summed E-state index contributed by atoms with van der Waals surface area (Å²) < 4.78 is 13.1. The van der Waals surface area contributed by atoms with E-state index in [-0.39, 0.29) is 5.82 Å². The van der Waals surface area contributed by atoms with E-state index in [1.807, 2.05) is 6.07 Å². The fourth-order valence-corrected chi connectivity index (χ4v) is 2.92. The zero-order valence-electron chi connectivity index (χ0n) is 12.6. The minimum absolute atomic E-state index is 0.183. The molecule has 1 saturated heterocycles. The van der Waals surface area contributed by atoms with E-state index in [0.29, 0.717) is 6.04 Å². The van der Waals surface area contributed by atoms with Crippen LogP contribution in [-0.4, -0.2) is 55.6 Å². The van der Waals surface area contributed by atoms with Gasteiger partial charge in [-0.15, -0.1) is 0 Å². The van der Waals surface area contributed by atoms with Gasteiger partial charge in [0.2, 0.25) is 0 Å². The molecule has 1 unspecified atom stereocenters. The summed E-state index contributed by atoms with van der Waals surface area (Å²) >= 11 is 0. The summed E-state index contributed by atoms with van der Waals surface area (Å²) in [6.45, 7) is 7.64. The highest BCUT2D eigenvalue weighted by molar-refractivity contribution is 5.42. The van der Waals surface area contributed by atoms with Crippen LogP contribution in [0.5, 0.6) is 0 Å². The first kappa shape index (κ1) is 15.3. The van der Waals surface area contributed by atoms with Crippen LogP contribution < -0.4 is 5.32 Å². The Balaban J connectivity index is 1.82. The van der Waals surface area contributed by atoms with Crippen LogP contribution in [0.25, 0.3) is 0 Å². The van der Waals surface area contributed by atoms with Crippen LogP contribution in [0.4, 0.5) is 10.1 Å². The molecule has 1 aliphatic rings. The lowest BCUT2D eigenvalue weighted by atomic mass is 10.2. The average molecular weight is 279 g/mol. The van der Waals surface area contributed by atoms with Crippen LogP contribution >= 0.6 is 0 Å². The van der Waals surface area contributed by atoms with Gasteiger partial charge < -0.3 is 10.2 Å². The Morgan fingerprint density at radius 3 is 2.95 bits per heavy atom. The van der Waals surface area contributed by atoms with Gasteiger partial charge in [0.25, 0.3) is 0 Å². The van der Waals surface area contributed by atoms with Crippen molar-refractivity contribution in [1.82, 2.24) is 9.80 Å². The Morgan fingerprint density at radius 2 is 2.20 bits per heavy atom. The largest absolute Gasteiger partial charge is 0.384 e. The van der Waals surface area contributed by atoms with Crippen molar-refractivity contribution in [2.45, 2.75) is 25.8 Å². The van der Waals surface area contributed by atoms with Crippen molar-refractivity contribution in [3.63, 3.8) is 0 Å². The average Bonchev–Trinajstić information content (AvgIpc) is 2.60. The smallest absolute Gasteiger partial charge is 0.125 e. The Morgan fingerprint density at radius 1 is 1.35 bits per heavy atom. The summed E-state index contributed by atoms with van der Waals surface area (Å²) in [7, 11) is 2.21. The molecule has 1 aromatic rings. The first-order valence-electron chi connectivity index (χ1n) is 7.61. The van der Waals surface area contributed by atoms with Crippen LogP contribution in [0, 0.1) is 5.82 Å². The molecule has 3 nitrogen and oxygen atoms in total. The molecule has 1 atom stereocenters. The fourth-order valence-electron chi connectivity index (χ4n) is 2.92. The predicted octanol–water partition coefficient (Wildman–Crippen LogP) is 2.65. The monoisotopic (exact) mass is 279 g/mol. The van der Waals surface area contributed by atoms with Gasteiger partial charge in [0.1, 0.15) is 5.82 Å². The van der Waals surface area contributed by atoms with Gasteiger partial charge in [-0.25, -0.2) is 4.39 Å². The molecule has 112 valence electrons. The van der Waals surface area contributed by atoms with Crippen molar-refractivity contribution in [1.29, 1.82) is 0 Å². The van der Waals surface area contributed by atoms with Crippen LogP contribution in [0.3, 0.4) is 0 Å². The van der Waals surface area contributed by atoms with Crippen molar-refractivity contribution in [3.8, 4) is 0 Å². The molecule has 1 N–H and O–H groups in total. The highest BCUT2D eigenvalue weighted by Gasteiger charge is 2.21. The van der Waals surface area contributed by atoms with Crippen LogP contribution in [-0.2, 0) is 0 Å². The van der Waals surface area contributed by atoms with Gasteiger partial charge in [-0.2, -0.15) is 0 Å². The topological polar surface area (TPSA) is 18.5 Å². The van der Waals surface area contributed by atoms with Gasteiger partial charge >= 0.3 is 0 Å². The number of benzene rings is 1. The highest BCUT2D eigenvalue weighted by Crippen LogP contribution is 2.12. The molecule has 1 heterocycles. The van der Waals surface area contributed by atoms with Gasteiger partial charge in [-0.05, 0) is 51.2 Å². The Hall–Kier alpha value is -1.13. The fraction of sp³-hybridized carbons (Fsp3) is 0.625. The van der Waals surface area contributed by atoms with E-state index in [1.165, 1.54) is 25.5 Å². The number of likely N-dealkylation sites (N-methyl/N-ethyl adjacent to an activating group) is 1. The summed E-state index contributed by atoms with van der Waals surface area (Å²) in [5.74, 6) is -0.183. The number of rotatable bonds is 5. The highest BCUT2D eigenvalue weighted by atomic mass is 19.1. The SMILES string of the molecule is CCC1CN(C)CCCN1CCNc1cccc(F)c1. The standard InChI is InChI=1S/C16H26FN3/c1-3-16-13-19(2)9-5-10-20(16)11-8-18-15-7-4-6-14(17)12-15/h4,6-7,12,16,18H,3,5,8-11,13H2,1-2H3. The van der Waals surface area contributed by atoms with Crippen molar-refractivity contribution >= 4 is 5.69 Å². The quantitative estimate of drug-likeness (QED) is 0.894. The molecule has 0 amide bonds. The van der Waals surface area contributed by atoms with Gasteiger partial charge in [-0.1, -0.05) is 13.0 Å². The normalized spacial score (nSPS) is 21.6. The number of anilines is 1. The molecule has 0 spiro atoms. The third kappa shape index (κ3) is 4.46. The van der Waals surface area contributed by atoms with Crippen LogP contribution in [0.2, 0.25) is 0 Å². The van der Waals surface area contributed by atoms with Gasteiger partial charge in [0.15, 0.2) is 0 Å². The maximum absolute atomic E-state index is 13.1. The minimum Gasteiger partial charge on any atom is -0.384 e. The summed E-state index contributed by atoms with van der Waals surface area (Å²) in [4.78, 5) is 4.99. The maximum Gasteiger partial charge on any atom is 0.125 e. The third-order valence-corrected chi connectivity index (χ3v) is 4.05. The van der Waals surface area contributed by atoms with Gasteiger partial charge in [0.05, 0.1) is 0 Å². The predicted molar refractivity (Wildman–Crippen MR) is 82.7 cm³/mol. The van der Waals surface area contributed by atoms with E-state index in [4.69, 9.17) is 0 Å². The molecule has 1 aromatic carbocycles. The summed E-state index contributed by atoms with van der Waals surface area (Å²) in [6.07, 6.45) is 2.41.